The molecule has 1 aromatic carbocycles. The van der Waals surface area contributed by atoms with Gasteiger partial charge in [-0.25, -0.2) is 0 Å². The van der Waals surface area contributed by atoms with E-state index in [-0.39, 0.29) is 5.41 Å². The number of nitriles is 1. The fourth-order valence-corrected chi connectivity index (χ4v) is 2.65. The molecule has 1 aliphatic carbocycles. The van der Waals surface area contributed by atoms with E-state index >= 15 is 0 Å². The van der Waals surface area contributed by atoms with E-state index in [4.69, 9.17) is 4.74 Å². The molecule has 0 aliphatic heterocycles. The number of rotatable bonds is 3. The van der Waals surface area contributed by atoms with E-state index in [1.165, 1.54) is 11.1 Å². The second-order valence-corrected chi connectivity index (χ2v) is 5.59. The molecule has 0 atom stereocenters. The lowest BCUT2D eigenvalue weighted by atomic mass is 9.89. The summed E-state index contributed by atoms with van der Waals surface area (Å²) in [7, 11) is 0. The second-order valence-electron chi connectivity index (χ2n) is 5.59. The highest BCUT2D eigenvalue weighted by molar-refractivity contribution is 5.40. The molecule has 1 fully saturated rings. The summed E-state index contributed by atoms with van der Waals surface area (Å²) in [6, 6.07) is 6.71. The van der Waals surface area contributed by atoms with Gasteiger partial charge >= 0.3 is 0 Å². The van der Waals surface area contributed by atoms with Crippen LogP contribution < -0.4 is 4.74 Å². The van der Waals surface area contributed by atoms with Gasteiger partial charge in [-0.1, -0.05) is 18.9 Å². The van der Waals surface area contributed by atoms with E-state index in [1.54, 1.807) is 0 Å². The normalized spacial score (nSPS) is 17.4. The highest BCUT2D eigenvalue weighted by Crippen LogP contribution is 2.38. The van der Waals surface area contributed by atoms with Crippen LogP contribution in [0.15, 0.2) is 12.1 Å². The molecule has 18 heavy (non-hydrogen) atoms. The third kappa shape index (κ3) is 2.51. The van der Waals surface area contributed by atoms with Crippen LogP contribution in [0.3, 0.4) is 0 Å². The van der Waals surface area contributed by atoms with Gasteiger partial charge in [-0.3, -0.25) is 0 Å². The first-order valence-corrected chi connectivity index (χ1v) is 6.68. The summed E-state index contributed by atoms with van der Waals surface area (Å²) >= 11 is 0. The average Bonchev–Trinajstić information content (AvgIpc) is 2.82. The maximum absolute atomic E-state index is 9.33. The minimum Gasteiger partial charge on any atom is -0.492 e. The lowest BCUT2D eigenvalue weighted by Gasteiger charge is -2.21. The summed E-state index contributed by atoms with van der Waals surface area (Å²) in [5.41, 5.74) is 3.44. The number of hydrogen-bond donors (Lipinski definition) is 0. The summed E-state index contributed by atoms with van der Waals surface area (Å²) in [5.74, 6) is 0.930. The van der Waals surface area contributed by atoms with E-state index in [0.29, 0.717) is 6.61 Å². The van der Waals surface area contributed by atoms with Gasteiger partial charge in [-0.2, -0.15) is 5.26 Å². The van der Waals surface area contributed by atoms with Crippen LogP contribution >= 0.6 is 0 Å². The van der Waals surface area contributed by atoms with Crippen LogP contribution in [0.2, 0.25) is 0 Å². The van der Waals surface area contributed by atoms with Crippen LogP contribution in [0.4, 0.5) is 0 Å². The Balaban J connectivity index is 2.11. The van der Waals surface area contributed by atoms with Crippen molar-refractivity contribution in [2.75, 3.05) is 6.61 Å². The van der Waals surface area contributed by atoms with Crippen LogP contribution in [0, 0.1) is 37.5 Å². The minimum absolute atomic E-state index is 0.245. The summed E-state index contributed by atoms with van der Waals surface area (Å²) in [6.07, 6.45) is 4.27. The van der Waals surface area contributed by atoms with Gasteiger partial charge in [0.2, 0.25) is 0 Å². The Morgan fingerprint density at radius 2 is 1.72 bits per heavy atom. The molecular formula is C16H21NO. The summed E-state index contributed by atoms with van der Waals surface area (Å²) in [6.45, 7) is 6.80. The van der Waals surface area contributed by atoms with E-state index in [9.17, 15) is 5.26 Å². The minimum atomic E-state index is -0.245. The first kappa shape index (κ1) is 13.0. The molecule has 2 heteroatoms. The van der Waals surface area contributed by atoms with Gasteiger partial charge in [-0.05, 0) is 56.4 Å². The van der Waals surface area contributed by atoms with Crippen molar-refractivity contribution in [3.05, 3.63) is 28.8 Å². The number of hydrogen-bond acceptors (Lipinski definition) is 2. The first-order chi connectivity index (χ1) is 8.56. The van der Waals surface area contributed by atoms with Gasteiger partial charge in [0.15, 0.2) is 0 Å². The van der Waals surface area contributed by atoms with Crippen molar-refractivity contribution in [2.24, 2.45) is 5.41 Å². The summed E-state index contributed by atoms with van der Waals surface area (Å²) in [4.78, 5) is 0. The molecule has 0 amide bonds. The highest BCUT2D eigenvalue weighted by Gasteiger charge is 2.34. The van der Waals surface area contributed by atoms with Crippen LogP contribution in [-0.2, 0) is 0 Å². The molecule has 1 saturated carbocycles. The van der Waals surface area contributed by atoms with Gasteiger partial charge in [0.25, 0.3) is 0 Å². The van der Waals surface area contributed by atoms with Crippen molar-refractivity contribution in [1.82, 2.24) is 0 Å². The lowest BCUT2D eigenvalue weighted by Crippen LogP contribution is -2.23. The monoisotopic (exact) mass is 243 g/mol. The molecular weight excluding hydrogens is 222 g/mol. The molecule has 2 rings (SSSR count). The Hall–Kier alpha value is -1.49. The molecule has 0 bridgehead atoms. The topological polar surface area (TPSA) is 33.0 Å². The van der Waals surface area contributed by atoms with Crippen molar-refractivity contribution >= 4 is 0 Å². The Morgan fingerprint density at radius 1 is 1.11 bits per heavy atom. The van der Waals surface area contributed by atoms with Crippen LogP contribution in [0.5, 0.6) is 5.75 Å². The van der Waals surface area contributed by atoms with Crippen LogP contribution in [0.25, 0.3) is 0 Å². The maximum Gasteiger partial charge on any atom is 0.122 e. The fourth-order valence-electron chi connectivity index (χ4n) is 2.65. The number of benzene rings is 1. The number of aryl methyl sites for hydroxylation is 3. The molecule has 0 saturated heterocycles. The van der Waals surface area contributed by atoms with Crippen molar-refractivity contribution in [3.63, 3.8) is 0 Å². The largest absolute Gasteiger partial charge is 0.492 e. The third-order valence-corrected chi connectivity index (χ3v) is 4.09. The van der Waals surface area contributed by atoms with E-state index < -0.39 is 0 Å². The van der Waals surface area contributed by atoms with Crippen LogP contribution in [-0.4, -0.2) is 6.61 Å². The Morgan fingerprint density at radius 3 is 2.33 bits per heavy atom. The number of ether oxygens (including phenoxy) is 1. The average molecular weight is 243 g/mol. The number of nitrogens with zero attached hydrogens (tertiary/aromatic N) is 1. The van der Waals surface area contributed by atoms with E-state index in [0.717, 1.165) is 37.0 Å². The third-order valence-electron chi connectivity index (χ3n) is 4.09. The van der Waals surface area contributed by atoms with Crippen molar-refractivity contribution in [2.45, 2.75) is 46.5 Å². The smallest absolute Gasteiger partial charge is 0.122 e. The molecule has 0 N–H and O–H groups in total. The zero-order valence-corrected chi connectivity index (χ0v) is 11.5. The summed E-state index contributed by atoms with van der Waals surface area (Å²) in [5, 5.41) is 9.33. The molecule has 0 radical (unpaired) electrons. The van der Waals surface area contributed by atoms with Gasteiger partial charge in [0.05, 0.1) is 11.5 Å². The van der Waals surface area contributed by atoms with Gasteiger partial charge in [0, 0.05) is 0 Å². The Kier molecular flexibility index (Phi) is 3.61. The lowest BCUT2D eigenvalue weighted by molar-refractivity contribution is 0.200. The SMILES string of the molecule is Cc1cc(C)c(OCC2(C#N)CCCC2)cc1C. The van der Waals surface area contributed by atoms with Crippen molar-refractivity contribution in [1.29, 1.82) is 5.26 Å². The van der Waals surface area contributed by atoms with E-state index in [1.807, 2.05) is 0 Å². The molecule has 96 valence electrons. The molecule has 0 aromatic heterocycles. The van der Waals surface area contributed by atoms with E-state index in [2.05, 4.69) is 39.0 Å². The highest BCUT2D eigenvalue weighted by atomic mass is 16.5. The molecule has 1 aliphatic rings. The van der Waals surface area contributed by atoms with Crippen molar-refractivity contribution in [3.8, 4) is 11.8 Å². The predicted molar refractivity (Wildman–Crippen MR) is 72.7 cm³/mol. The standard InChI is InChI=1S/C16H21NO/c1-12-8-14(3)15(9-13(12)2)18-11-16(10-17)6-4-5-7-16/h8-9H,4-7,11H2,1-3H3. The Labute approximate surface area is 110 Å². The predicted octanol–water partition coefficient (Wildman–Crippen LogP) is 4.07. The molecule has 2 nitrogen and oxygen atoms in total. The molecule has 0 spiro atoms. The van der Waals surface area contributed by atoms with Gasteiger partial charge in [-0.15, -0.1) is 0 Å². The Bertz CT molecular complexity index is 479. The zero-order valence-electron chi connectivity index (χ0n) is 11.5. The second kappa shape index (κ2) is 5.02. The van der Waals surface area contributed by atoms with Gasteiger partial charge < -0.3 is 4.74 Å². The fraction of sp³-hybridized carbons (Fsp3) is 0.562. The molecule has 0 heterocycles. The van der Waals surface area contributed by atoms with Gasteiger partial charge in [0.1, 0.15) is 12.4 Å². The molecule has 1 aromatic rings. The first-order valence-electron chi connectivity index (χ1n) is 6.68. The quantitative estimate of drug-likeness (QED) is 0.801. The molecule has 0 unspecified atom stereocenters. The zero-order chi connectivity index (χ0) is 13.2. The summed E-state index contributed by atoms with van der Waals surface area (Å²) < 4.78 is 5.93. The van der Waals surface area contributed by atoms with Crippen LogP contribution in [0.1, 0.15) is 42.4 Å². The van der Waals surface area contributed by atoms with Crippen molar-refractivity contribution < 1.29 is 4.74 Å². The maximum atomic E-state index is 9.33.